The van der Waals surface area contributed by atoms with Gasteiger partial charge >= 0.3 is 0 Å². The molecule has 0 aliphatic rings. The SMILES string of the molecule is CC(N)CCC(=O)Nc1cccc(OCCCN(C)C)c1. The third-order valence-electron chi connectivity index (χ3n) is 2.96. The molecule has 1 amide bonds. The Hall–Kier alpha value is -1.59. The zero-order chi connectivity index (χ0) is 15.7. The van der Waals surface area contributed by atoms with Crippen molar-refractivity contribution in [2.24, 2.45) is 5.73 Å². The van der Waals surface area contributed by atoms with E-state index >= 15 is 0 Å². The molecule has 3 N–H and O–H groups in total. The molecule has 0 heterocycles. The van der Waals surface area contributed by atoms with E-state index in [4.69, 9.17) is 10.5 Å². The number of ether oxygens (including phenoxy) is 1. The quantitative estimate of drug-likeness (QED) is 0.684. The van der Waals surface area contributed by atoms with Gasteiger partial charge in [0.25, 0.3) is 0 Å². The number of benzene rings is 1. The van der Waals surface area contributed by atoms with Crippen LogP contribution in [0.5, 0.6) is 5.75 Å². The Kier molecular flexibility index (Phi) is 7.79. The third kappa shape index (κ3) is 8.32. The highest BCUT2D eigenvalue weighted by Crippen LogP contribution is 2.18. The molecule has 0 spiro atoms. The second-order valence-corrected chi connectivity index (χ2v) is 5.60. The van der Waals surface area contributed by atoms with Gasteiger partial charge in [-0.05, 0) is 46.0 Å². The van der Waals surface area contributed by atoms with Crippen molar-refractivity contribution in [3.05, 3.63) is 24.3 Å². The van der Waals surface area contributed by atoms with Crippen LogP contribution >= 0.6 is 0 Å². The summed E-state index contributed by atoms with van der Waals surface area (Å²) in [4.78, 5) is 13.9. The van der Waals surface area contributed by atoms with Gasteiger partial charge in [0.15, 0.2) is 0 Å². The Morgan fingerprint density at radius 2 is 2.19 bits per heavy atom. The Bertz CT molecular complexity index is 433. The number of carbonyl (C=O) groups is 1. The Labute approximate surface area is 127 Å². The molecule has 0 aromatic heterocycles. The Morgan fingerprint density at radius 3 is 2.86 bits per heavy atom. The number of amides is 1. The van der Waals surface area contributed by atoms with Crippen LogP contribution in [0.2, 0.25) is 0 Å². The first kappa shape index (κ1) is 17.5. The van der Waals surface area contributed by atoms with Crippen LogP contribution in [0.25, 0.3) is 0 Å². The monoisotopic (exact) mass is 293 g/mol. The molecule has 5 nitrogen and oxygen atoms in total. The van der Waals surface area contributed by atoms with Crippen molar-refractivity contribution in [3.8, 4) is 5.75 Å². The van der Waals surface area contributed by atoms with Crippen molar-refractivity contribution >= 4 is 11.6 Å². The van der Waals surface area contributed by atoms with E-state index in [1.54, 1.807) is 0 Å². The molecule has 0 radical (unpaired) electrons. The molecule has 0 fully saturated rings. The molecule has 118 valence electrons. The minimum atomic E-state index is -0.0166. The van der Waals surface area contributed by atoms with Crippen LogP contribution < -0.4 is 15.8 Å². The summed E-state index contributed by atoms with van der Waals surface area (Å²) in [5, 5.41) is 2.86. The fourth-order valence-electron chi connectivity index (χ4n) is 1.82. The number of hydrogen-bond donors (Lipinski definition) is 2. The van der Waals surface area contributed by atoms with Gasteiger partial charge in [0.2, 0.25) is 5.91 Å². The number of rotatable bonds is 9. The first-order valence-corrected chi connectivity index (χ1v) is 7.40. The van der Waals surface area contributed by atoms with Gasteiger partial charge in [0.05, 0.1) is 6.61 Å². The van der Waals surface area contributed by atoms with Gasteiger partial charge in [-0.25, -0.2) is 0 Å². The first-order valence-electron chi connectivity index (χ1n) is 7.40. The topological polar surface area (TPSA) is 67.6 Å². The Morgan fingerprint density at radius 1 is 1.43 bits per heavy atom. The maximum Gasteiger partial charge on any atom is 0.224 e. The zero-order valence-electron chi connectivity index (χ0n) is 13.3. The number of nitrogens with zero attached hydrogens (tertiary/aromatic N) is 1. The number of carbonyl (C=O) groups excluding carboxylic acids is 1. The van der Waals surface area contributed by atoms with Gasteiger partial charge in [0, 0.05) is 30.8 Å². The normalized spacial score (nSPS) is 12.2. The van der Waals surface area contributed by atoms with Crippen molar-refractivity contribution < 1.29 is 9.53 Å². The van der Waals surface area contributed by atoms with E-state index < -0.39 is 0 Å². The summed E-state index contributed by atoms with van der Waals surface area (Å²) >= 11 is 0. The maximum atomic E-state index is 11.8. The average Bonchev–Trinajstić information content (AvgIpc) is 2.42. The van der Waals surface area contributed by atoms with E-state index in [0.717, 1.165) is 24.4 Å². The van der Waals surface area contributed by atoms with Crippen molar-refractivity contribution in [1.82, 2.24) is 4.90 Å². The van der Waals surface area contributed by atoms with E-state index in [9.17, 15) is 4.79 Å². The molecule has 1 unspecified atom stereocenters. The lowest BCUT2D eigenvalue weighted by atomic mass is 10.2. The molecule has 1 rings (SSSR count). The van der Waals surface area contributed by atoms with Gasteiger partial charge in [-0.15, -0.1) is 0 Å². The largest absolute Gasteiger partial charge is 0.493 e. The second kappa shape index (κ2) is 9.37. The lowest BCUT2D eigenvalue weighted by molar-refractivity contribution is -0.116. The summed E-state index contributed by atoms with van der Waals surface area (Å²) in [6, 6.07) is 7.52. The van der Waals surface area contributed by atoms with Crippen LogP contribution in [0.1, 0.15) is 26.2 Å². The highest BCUT2D eigenvalue weighted by Gasteiger charge is 2.05. The molecular weight excluding hydrogens is 266 g/mol. The molecule has 0 aliphatic carbocycles. The van der Waals surface area contributed by atoms with Gasteiger partial charge in [-0.1, -0.05) is 6.07 Å². The van der Waals surface area contributed by atoms with Crippen LogP contribution in [0.4, 0.5) is 5.69 Å². The summed E-state index contributed by atoms with van der Waals surface area (Å²) < 4.78 is 5.68. The summed E-state index contributed by atoms with van der Waals surface area (Å²) in [7, 11) is 4.08. The van der Waals surface area contributed by atoms with E-state index in [0.29, 0.717) is 19.4 Å². The predicted octanol–water partition coefficient (Wildman–Crippen LogP) is 2.08. The van der Waals surface area contributed by atoms with Crippen LogP contribution in [-0.2, 0) is 4.79 Å². The van der Waals surface area contributed by atoms with E-state index in [1.165, 1.54) is 0 Å². The highest BCUT2D eigenvalue weighted by molar-refractivity contribution is 5.90. The molecule has 5 heteroatoms. The fourth-order valence-corrected chi connectivity index (χ4v) is 1.82. The molecule has 21 heavy (non-hydrogen) atoms. The first-order chi connectivity index (χ1) is 9.97. The van der Waals surface area contributed by atoms with Crippen molar-refractivity contribution in [2.75, 3.05) is 32.6 Å². The van der Waals surface area contributed by atoms with Crippen molar-refractivity contribution in [3.63, 3.8) is 0 Å². The van der Waals surface area contributed by atoms with Gasteiger partial charge < -0.3 is 20.7 Å². The number of nitrogens with one attached hydrogen (secondary N) is 1. The van der Waals surface area contributed by atoms with Crippen LogP contribution in [0.15, 0.2) is 24.3 Å². The summed E-state index contributed by atoms with van der Waals surface area (Å²) in [6.45, 7) is 3.56. The lowest BCUT2D eigenvalue weighted by Gasteiger charge is -2.11. The molecule has 0 saturated heterocycles. The molecule has 0 bridgehead atoms. The van der Waals surface area contributed by atoms with Gasteiger partial charge in [-0.2, -0.15) is 0 Å². The third-order valence-corrected chi connectivity index (χ3v) is 2.96. The fraction of sp³-hybridized carbons (Fsp3) is 0.562. The summed E-state index contributed by atoms with van der Waals surface area (Å²) in [5.41, 5.74) is 6.40. The molecule has 1 atom stereocenters. The standard InChI is InChI=1S/C16H27N3O2/c1-13(17)8-9-16(20)18-14-6-4-7-15(12-14)21-11-5-10-19(2)3/h4,6-7,12-13H,5,8-11,17H2,1-3H3,(H,18,20). The lowest BCUT2D eigenvalue weighted by Crippen LogP contribution is -2.19. The smallest absolute Gasteiger partial charge is 0.224 e. The van der Waals surface area contributed by atoms with E-state index in [-0.39, 0.29) is 11.9 Å². The number of anilines is 1. The van der Waals surface area contributed by atoms with Crippen molar-refractivity contribution in [2.45, 2.75) is 32.2 Å². The summed E-state index contributed by atoms with van der Waals surface area (Å²) in [6.07, 6.45) is 2.09. The molecule has 0 saturated carbocycles. The Balaban J connectivity index is 2.39. The van der Waals surface area contributed by atoms with E-state index in [1.807, 2.05) is 45.3 Å². The number of hydrogen-bond acceptors (Lipinski definition) is 4. The van der Waals surface area contributed by atoms with Gasteiger partial charge in [-0.3, -0.25) is 4.79 Å². The average molecular weight is 293 g/mol. The maximum absolute atomic E-state index is 11.8. The molecular formula is C16H27N3O2. The molecule has 0 aliphatic heterocycles. The zero-order valence-corrected chi connectivity index (χ0v) is 13.3. The van der Waals surface area contributed by atoms with Gasteiger partial charge in [0.1, 0.15) is 5.75 Å². The minimum Gasteiger partial charge on any atom is -0.493 e. The summed E-state index contributed by atoms with van der Waals surface area (Å²) in [5.74, 6) is 0.760. The highest BCUT2D eigenvalue weighted by atomic mass is 16.5. The minimum absolute atomic E-state index is 0.0166. The number of nitrogens with two attached hydrogens (primary N) is 1. The van der Waals surface area contributed by atoms with Crippen molar-refractivity contribution in [1.29, 1.82) is 0 Å². The van der Waals surface area contributed by atoms with E-state index in [2.05, 4.69) is 10.2 Å². The van der Waals surface area contributed by atoms with Crippen LogP contribution in [0, 0.1) is 0 Å². The van der Waals surface area contributed by atoms with Crippen LogP contribution in [-0.4, -0.2) is 44.1 Å². The van der Waals surface area contributed by atoms with Crippen LogP contribution in [0.3, 0.4) is 0 Å². The molecule has 1 aromatic rings. The molecule has 1 aromatic carbocycles. The second-order valence-electron chi connectivity index (χ2n) is 5.60. The predicted molar refractivity (Wildman–Crippen MR) is 86.6 cm³/mol.